The largest absolute Gasteiger partial charge is 0.380 e. The number of hydrogen-bond acceptors (Lipinski definition) is 2. The van der Waals surface area contributed by atoms with E-state index in [4.69, 9.17) is 5.73 Å². The molecule has 0 bridgehead atoms. The molecule has 1 saturated carbocycles. The van der Waals surface area contributed by atoms with E-state index in [-0.39, 0.29) is 17.3 Å². The third-order valence-electron chi connectivity index (χ3n) is 2.79. The maximum atomic E-state index is 13.4. The molecule has 3 nitrogen and oxygen atoms in total. The average molecular weight is 226 g/mol. The van der Waals surface area contributed by atoms with Gasteiger partial charge in [0.05, 0.1) is 11.3 Å². The van der Waals surface area contributed by atoms with Crippen LogP contribution in [-0.2, 0) is 0 Å². The molecular weight excluding hydrogens is 214 g/mol. The highest BCUT2D eigenvalue weighted by Gasteiger charge is 2.20. The molecule has 1 fully saturated rings. The van der Waals surface area contributed by atoms with Gasteiger partial charge in [0, 0.05) is 12.1 Å². The Morgan fingerprint density at radius 2 is 2.00 bits per heavy atom. The first kappa shape index (κ1) is 10.9. The number of amides is 1. The quantitative estimate of drug-likeness (QED) is 0.828. The number of benzene rings is 1. The van der Waals surface area contributed by atoms with Crippen LogP contribution in [-0.4, -0.2) is 11.9 Å². The molecule has 2 rings (SSSR count). The summed E-state index contributed by atoms with van der Waals surface area (Å²) in [4.78, 5) is 10.9. The topological polar surface area (TPSA) is 55.1 Å². The lowest BCUT2D eigenvalue weighted by Gasteiger charge is -2.27. The molecule has 0 aliphatic heterocycles. The van der Waals surface area contributed by atoms with Crippen molar-refractivity contribution in [2.24, 2.45) is 5.73 Å². The molecule has 0 aromatic heterocycles. The van der Waals surface area contributed by atoms with Gasteiger partial charge in [-0.1, -0.05) is 0 Å². The Morgan fingerprint density at radius 1 is 1.31 bits per heavy atom. The minimum Gasteiger partial charge on any atom is -0.380 e. The second-order valence-corrected chi connectivity index (χ2v) is 3.95. The summed E-state index contributed by atoms with van der Waals surface area (Å²) in [5, 5.41) is 2.92. The predicted octanol–water partition coefficient (Wildman–Crippen LogP) is 2.03. The average Bonchev–Trinajstić information content (AvgIpc) is 2.13. The number of halogens is 2. The van der Waals surface area contributed by atoms with Crippen molar-refractivity contribution in [3.8, 4) is 0 Å². The Morgan fingerprint density at radius 3 is 2.50 bits per heavy atom. The molecule has 3 N–H and O–H groups in total. The van der Waals surface area contributed by atoms with Gasteiger partial charge in [-0.25, -0.2) is 8.78 Å². The number of carbonyl (C=O) groups is 1. The van der Waals surface area contributed by atoms with Crippen LogP contribution in [0.2, 0.25) is 0 Å². The minimum atomic E-state index is -0.927. The molecule has 1 aliphatic carbocycles. The SMILES string of the molecule is NC(=O)c1cc(NC2CCC2)c(F)cc1F. The van der Waals surface area contributed by atoms with Crippen molar-refractivity contribution >= 4 is 11.6 Å². The molecule has 86 valence electrons. The number of nitrogens with one attached hydrogen (secondary N) is 1. The fraction of sp³-hybridized carbons (Fsp3) is 0.364. The summed E-state index contributed by atoms with van der Waals surface area (Å²) >= 11 is 0. The summed E-state index contributed by atoms with van der Waals surface area (Å²) in [5.41, 5.74) is 4.83. The van der Waals surface area contributed by atoms with Crippen molar-refractivity contribution in [2.45, 2.75) is 25.3 Å². The Labute approximate surface area is 91.6 Å². The van der Waals surface area contributed by atoms with E-state index in [9.17, 15) is 13.6 Å². The van der Waals surface area contributed by atoms with Gasteiger partial charge in [-0.3, -0.25) is 4.79 Å². The van der Waals surface area contributed by atoms with Gasteiger partial charge < -0.3 is 11.1 Å². The fourth-order valence-electron chi connectivity index (χ4n) is 1.62. The number of nitrogens with two attached hydrogens (primary N) is 1. The van der Waals surface area contributed by atoms with E-state index in [2.05, 4.69) is 5.32 Å². The number of rotatable bonds is 3. The van der Waals surface area contributed by atoms with Crippen LogP contribution < -0.4 is 11.1 Å². The monoisotopic (exact) mass is 226 g/mol. The Kier molecular flexibility index (Phi) is 2.77. The summed E-state index contributed by atoms with van der Waals surface area (Å²) in [6.45, 7) is 0. The fourth-order valence-corrected chi connectivity index (χ4v) is 1.62. The van der Waals surface area contributed by atoms with E-state index in [1.807, 2.05) is 0 Å². The van der Waals surface area contributed by atoms with E-state index >= 15 is 0 Å². The van der Waals surface area contributed by atoms with E-state index in [0.717, 1.165) is 25.3 Å². The zero-order valence-corrected chi connectivity index (χ0v) is 8.59. The Bertz CT molecular complexity index is 430. The van der Waals surface area contributed by atoms with Crippen molar-refractivity contribution in [1.29, 1.82) is 0 Å². The highest BCUT2D eigenvalue weighted by atomic mass is 19.1. The molecule has 0 atom stereocenters. The second-order valence-electron chi connectivity index (χ2n) is 3.95. The van der Waals surface area contributed by atoms with Crippen LogP contribution in [0.15, 0.2) is 12.1 Å². The summed E-state index contributed by atoms with van der Waals surface area (Å²) in [7, 11) is 0. The first-order chi connectivity index (χ1) is 7.58. The molecule has 1 aromatic carbocycles. The van der Waals surface area contributed by atoms with Crippen LogP contribution in [0.5, 0.6) is 0 Å². The summed E-state index contributed by atoms with van der Waals surface area (Å²) < 4.78 is 26.5. The summed E-state index contributed by atoms with van der Waals surface area (Å²) in [6.07, 6.45) is 3.02. The summed E-state index contributed by atoms with van der Waals surface area (Å²) in [5.74, 6) is -2.52. The van der Waals surface area contributed by atoms with Crippen LogP contribution in [0.3, 0.4) is 0 Å². The van der Waals surface area contributed by atoms with Crippen molar-refractivity contribution in [1.82, 2.24) is 0 Å². The molecule has 1 aromatic rings. The lowest BCUT2D eigenvalue weighted by molar-refractivity contribution is 0.0996. The van der Waals surface area contributed by atoms with Crippen molar-refractivity contribution in [3.05, 3.63) is 29.3 Å². The third-order valence-corrected chi connectivity index (χ3v) is 2.79. The van der Waals surface area contributed by atoms with Gasteiger partial charge in [0.1, 0.15) is 11.6 Å². The molecule has 1 amide bonds. The standard InChI is InChI=1S/C11H12F2N2O/c12-8-5-9(13)10(4-7(8)11(14)16)15-6-2-1-3-6/h4-6,15H,1-3H2,(H2,14,16). The van der Waals surface area contributed by atoms with Crippen LogP contribution in [0.25, 0.3) is 0 Å². The van der Waals surface area contributed by atoms with Gasteiger partial charge in [-0.05, 0) is 25.3 Å². The van der Waals surface area contributed by atoms with Crippen LogP contribution in [0.4, 0.5) is 14.5 Å². The van der Waals surface area contributed by atoms with Gasteiger partial charge in [-0.15, -0.1) is 0 Å². The smallest absolute Gasteiger partial charge is 0.251 e. The summed E-state index contributed by atoms with van der Waals surface area (Å²) in [6, 6.07) is 2.02. The lowest BCUT2D eigenvalue weighted by Crippen LogP contribution is -2.28. The molecular formula is C11H12F2N2O. The number of hydrogen-bond donors (Lipinski definition) is 2. The first-order valence-corrected chi connectivity index (χ1v) is 5.13. The molecule has 0 radical (unpaired) electrons. The molecule has 0 spiro atoms. The van der Waals surface area contributed by atoms with E-state index in [0.29, 0.717) is 6.07 Å². The zero-order valence-electron chi connectivity index (χ0n) is 8.59. The van der Waals surface area contributed by atoms with Gasteiger partial charge in [0.15, 0.2) is 0 Å². The second kappa shape index (κ2) is 4.08. The van der Waals surface area contributed by atoms with E-state index in [1.54, 1.807) is 0 Å². The van der Waals surface area contributed by atoms with Gasteiger partial charge >= 0.3 is 0 Å². The third kappa shape index (κ3) is 1.98. The maximum absolute atomic E-state index is 13.4. The maximum Gasteiger partial charge on any atom is 0.251 e. The molecule has 5 heteroatoms. The number of primary amides is 1. The van der Waals surface area contributed by atoms with Crippen molar-refractivity contribution in [2.75, 3.05) is 5.32 Å². The van der Waals surface area contributed by atoms with E-state index in [1.165, 1.54) is 0 Å². The lowest BCUT2D eigenvalue weighted by atomic mass is 9.93. The van der Waals surface area contributed by atoms with Gasteiger partial charge in [-0.2, -0.15) is 0 Å². The highest BCUT2D eigenvalue weighted by molar-refractivity contribution is 5.94. The number of carbonyl (C=O) groups excluding carboxylic acids is 1. The van der Waals surface area contributed by atoms with Crippen LogP contribution in [0, 0.1) is 11.6 Å². The highest BCUT2D eigenvalue weighted by Crippen LogP contribution is 2.26. The van der Waals surface area contributed by atoms with Crippen LogP contribution >= 0.6 is 0 Å². The Balaban J connectivity index is 2.28. The minimum absolute atomic E-state index is 0.139. The molecule has 16 heavy (non-hydrogen) atoms. The van der Waals surface area contributed by atoms with Gasteiger partial charge in [0.2, 0.25) is 0 Å². The molecule has 0 saturated heterocycles. The predicted molar refractivity (Wildman–Crippen MR) is 56.1 cm³/mol. The van der Waals surface area contributed by atoms with Gasteiger partial charge in [0.25, 0.3) is 5.91 Å². The Hall–Kier alpha value is -1.65. The molecule has 1 aliphatic rings. The van der Waals surface area contributed by atoms with Crippen molar-refractivity contribution in [3.63, 3.8) is 0 Å². The normalized spacial score (nSPS) is 15.6. The number of anilines is 1. The van der Waals surface area contributed by atoms with E-state index < -0.39 is 17.5 Å². The molecule has 0 unspecified atom stereocenters. The first-order valence-electron chi connectivity index (χ1n) is 5.13. The van der Waals surface area contributed by atoms with Crippen LogP contribution in [0.1, 0.15) is 29.6 Å². The molecule has 0 heterocycles. The zero-order chi connectivity index (χ0) is 11.7. The van der Waals surface area contributed by atoms with Crippen molar-refractivity contribution < 1.29 is 13.6 Å².